The number of hydrogen-bond donors (Lipinski definition) is 0. The summed E-state index contributed by atoms with van der Waals surface area (Å²) in [5.74, 6) is 0.938. The van der Waals surface area contributed by atoms with Crippen molar-refractivity contribution in [1.82, 2.24) is 9.55 Å². The fraction of sp³-hybridized carbons (Fsp3) is 0.300. The third-order valence-corrected chi connectivity index (χ3v) is 2.86. The van der Waals surface area contributed by atoms with E-state index in [1.165, 1.54) is 0 Å². The number of aryl methyl sites for hydroxylation is 1. The normalized spacial score (nSPS) is 10.6. The van der Waals surface area contributed by atoms with Crippen molar-refractivity contribution in [2.75, 3.05) is 6.67 Å². The molecule has 0 aliphatic carbocycles. The summed E-state index contributed by atoms with van der Waals surface area (Å²) in [6.45, 7) is 0.422. The van der Waals surface area contributed by atoms with Crippen molar-refractivity contribution in [3.05, 3.63) is 29.9 Å². The molecule has 0 bridgehead atoms. The lowest BCUT2D eigenvalue weighted by molar-refractivity contribution is 0.448. The van der Waals surface area contributed by atoms with Crippen LogP contribution in [0.2, 0.25) is 0 Å². The summed E-state index contributed by atoms with van der Waals surface area (Å²) in [6.07, 6.45) is 4.20. The largest absolute Gasteiger partial charge is 0.330 e. The van der Waals surface area contributed by atoms with Crippen molar-refractivity contribution in [2.24, 2.45) is 0 Å². The SMILES string of the molecule is FCCCn1ccnc1-c1cccs1. The lowest BCUT2D eigenvalue weighted by Crippen LogP contribution is -1.99. The Morgan fingerprint density at radius 1 is 1.50 bits per heavy atom. The number of thiophene rings is 1. The molecule has 0 fully saturated rings. The molecule has 0 unspecified atom stereocenters. The van der Waals surface area contributed by atoms with E-state index in [1.807, 2.05) is 28.3 Å². The third-order valence-electron chi connectivity index (χ3n) is 1.99. The Balaban J connectivity index is 2.22. The number of rotatable bonds is 4. The Labute approximate surface area is 86.0 Å². The van der Waals surface area contributed by atoms with Gasteiger partial charge in [0.05, 0.1) is 11.6 Å². The minimum atomic E-state index is -0.276. The number of aromatic nitrogens is 2. The van der Waals surface area contributed by atoms with E-state index in [0.29, 0.717) is 13.0 Å². The lowest BCUT2D eigenvalue weighted by atomic mass is 10.4. The highest BCUT2D eigenvalue weighted by molar-refractivity contribution is 7.13. The number of halogens is 1. The van der Waals surface area contributed by atoms with Crippen molar-refractivity contribution < 1.29 is 4.39 Å². The van der Waals surface area contributed by atoms with Gasteiger partial charge in [-0.25, -0.2) is 4.98 Å². The van der Waals surface area contributed by atoms with Crippen LogP contribution in [0.15, 0.2) is 29.9 Å². The fourth-order valence-corrected chi connectivity index (χ4v) is 2.09. The molecule has 0 spiro atoms. The lowest BCUT2D eigenvalue weighted by Gasteiger charge is -2.03. The van der Waals surface area contributed by atoms with E-state index < -0.39 is 0 Å². The van der Waals surface area contributed by atoms with Crippen LogP contribution >= 0.6 is 11.3 Å². The molecule has 0 aliphatic rings. The Morgan fingerprint density at radius 2 is 2.43 bits per heavy atom. The van der Waals surface area contributed by atoms with Gasteiger partial charge in [-0.2, -0.15) is 0 Å². The molecular weight excluding hydrogens is 199 g/mol. The van der Waals surface area contributed by atoms with E-state index >= 15 is 0 Å². The van der Waals surface area contributed by atoms with Crippen LogP contribution in [0.5, 0.6) is 0 Å². The molecule has 2 heterocycles. The first-order chi connectivity index (χ1) is 6.92. The van der Waals surface area contributed by atoms with Gasteiger partial charge in [-0.1, -0.05) is 6.07 Å². The number of imidazole rings is 1. The van der Waals surface area contributed by atoms with Crippen molar-refractivity contribution in [2.45, 2.75) is 13.0 Å². The predicted molar refractivity (Wildman–Crippen MR) is 56.1 cm³/mol. The second-order valence-corrected chi connectivity index (χ2v) is 3.91. The van der Waals surface area contributed by atoms with Crippen molar-refractivity contribution in [1.29, 1.82) is 0 Å². The maximum Gasteiger partial charge on any atom is 0.149 e. The third kappa shape index (κ3) is 1.85. The molecule has 2 aromatic heterocycles. The van der Waals surface area contributed by atoms with E-state index in [0.717, 1.165) is 10.7 Å². The molecule has 0 amide bonds. The Hall–Kier alpha value is -1.16. The van der Waals surface area contributed by atoms with Gasteiger partial charge in [-0.3, -0.25) is 4.39 Å². The van der Waals surface area contributed by atoms with Crippen LogP contribution in [0.4, 0.5) is 4.39 Å². The molecule has 2 nitrogen and oxygen atoms in total. The Bertz CT molecular complexity index is 380. The second-order valence-electron chi connectivity index (χ2n) is 2.96. The van der Waals surface area contributed by atoms with Crippen LogP contribution in [0.3, 0.4) is 0 Å². The molecule has 0 saturated heterocycles. The van der Waals surface area contributed by atoms with Gasteiger partial charge in [-0.05, 0) is 17.9 Å². The Kier molecular flexibility index (Phi) is 2.93. The molecule has 74 valence electrons. The topological polar surface area (TPSA) is 17.8 Å². The van der Waals surface area contributed by atoms with E-state index in [2.05, 4.69) is 4.98 Å². The quantitative estimate of drug-likeness (QED) is 0.758. The van der Waals surface area contributed by atoms with Gasteiger partial charge in [0.25, 0.3) is 0 Å². The van der Waals surface area contributed by atoms with E-state index in [9.17, 15) is 4.39 Å². The number of alkyl halides is 1. The highest BCUT2D eigenvalue weighted by atomic mass is 32.1. The zero-order valence-corrected chi connectivity index (χ0v) is 8.51. The number of nitrogens with zero attached hydrogens (tertiary/aromatic N) is 2. The summed E-state index contributed by atoms with van der Waals surface area (Å²) in [5, 5.41) is 2.02. The highest BCUT2D eigenvalue weighted by Gasteiger charge is 2.05. The van der Waals surface area contributed by atoms with Gasteiger partial charge in [-0.15, -0.1) is 11.3 Å². The molecular formula is C10H11FN2S. The molecule has 2 rings (SSSR count). The van der Waals surface area contributed by atoms with Gasteiger partial charge in [0.1, 0.15) is 5.82 Å². The molecule has 14 heavy (non-hydrogen) atoms. The van der Waals surface area contributed by atoms with E-state index in [1.54, 1.807) is 17.5 Å². The summed E-state index contributed by atoms with van der Waals surface area (Å²) in [4.78, 5) is 5.40. The van der Waals surface area contributed by atoms with Crippen molar-refractivity contribution >= 4 is 11.3 Å². The van der Waals surface area contributed by atoms with Crippen LogP contribution in [-0.2, 0) is 6.54 Å². The van der Waals surface area contributed by atoms with Gasteiger partial charge in [0.2, 0.25) is 0 Å². The molecule has 0 aliphatic heterocycles. The summed E-state index contributed by atoms with van der Waals surface area (Å²) < 4.78 is 14.0. The van der Waals surface area contributed by atoms with Crippen molar-refractivity contribution in [3.8, 4) is 10.7 Å². The van der Waals surface area contributed by atoms with Gasteiger partial charge < -0.3 is 4.57 Å². The molecule has 4 heteroatoms. The van der Waals surface area contributed by atoms with Crippen LogP contribution in [-0.4, -0.2) is 16.2 Å². The molecule has 0 N–H and O–H groups in total. The second kappa shape index (κ2) is 4.37. The molecule has 0 atom stereocenters. The standard InChI is InChI=1S/C10H11FN2S/c11-4-2-6-13-7-5-12-10(13)9-3-1-8-14-9/h1,3,5,7-8H,2,4,6H2. The van der Waals surface area contributed by atoms with Gasteiger partial charge >= 0.3 is 0 Å². The maximum absolute atomic E-state index is 12.0. The summed E-state index contributed by atoms with van der Waals surface area (Å²) in [5.41, 5.74) is 0. The molecule has 2 aromatic rings. The summed E-state index contributed by atoms with van der Waals surface area (Å²) >= 11 is 1.65. The van der Waals surface area contributed by atoms with Gasteiger partial charge in [0.15, 0.2) is 0 Å². The molecule has 0 aromatic carbocycles. The first-order valence-electron chi connectivity index (χ1n) is 4.53. The van der Waals surface area contributed by atoms with Crippen LogP contribution in [0.1, 0.15) is 6.42 Å². The summed E-state index contributed by atoms with van der Waals surface area (Å²) in [6, 6.07) is 4.02. The predicted octanol–water partition coefficient (Wildman–Crippen LogP) is 2.97. The van der Waals surface area contributed by atoms with Crippen LogP contribution in [0, 0.1) is 0 Å². The van der Waals surface area contributed by atoms with Crippen LogP contribution in [0.25, 0.3) is 10.7 Å². The summed E-state index contributed by atoms with van der Waals surface area (Å²) in [7, 11) is 0. The Morgan fingerprint density at radius 3 is 3.14 bits per heavy atom. The molecule has 0 radical (unpaired) electrons. The average Bonchev–Trinajstić information content (AvgIpc) is 2.84. The minimum absolute atomic E-state index is 0.276. The minimum Gasteiger partial charge on any atom is -0.330 e. The zero-order valence-electron chi connectivity index (χ0n) is 7.69. The van der Waals surface area contributed by atoms with Gasteiger partial charge in [0, 0.05) is 18.9 Å². The van der Waals surface area contributed by atoms with E-state index in [-0.39, 0.29) is 6.67 Å². The smallest absolute Gasteiger partial charge is 0.149 e. The first kappa shape index (κ1) is 9.40. The van der Waals surface area contributed by atoms with Crippen molar-refractivity contribution in [3.63, 3.8) is 0 Å². The average molecular weight is 210 g/mol. The first-order valence-corrected chi connectivity index (χ1v) is 5.41. The fourth-order valence-electron chi connectivity index (χ4n) is 1.35. The van der Waals surface area contributed by atoms with E-state index in [4.69, 9.17) is 0 Å². The highest BCUT2D eigenvalue weighted by Crippen LogP contribution is 2.22. The zero-order chi connectivity index (χ0) is 9.80. The number of hydrogen-bond acceptors (Lipinski definition) is 2. The monoisotopic (exact) mass is 210 g/mol. The maximum atomic E-state index is 12.0. The molecule has 0 saturated carbocycles. The van der Waals surface area contributed by atoms with Crippen LogP contribution < -0.4 is 0 Å².